The number of aromatic carboxylic acids is 1. The number of hydrogen-bond donors (Lipinski definition) is 2. The number of pyridine rings is 1. The Balaban J connectivity index is 1.68. The summed E-state index contributed by atoms with van der Waals surface area (Å²) in [7, 11) is 0. The number of alkyl halides is 1. The predicted molar refractivity (Wildman–Crippen MR) is 105 cm³/mol. The predicted octanol–water partition coefficient (Wildman–Crippen LogP) is 2.17. The summed E-state index contributed by atoms with van der Waals surface area (Å²) in [6.45, 7) is 1.50. The summed E-state index contributed by atoms with van der Waals surface area (Å²) in [5, 5.41) is 19.5. The molecule has 2 aliphatic carbocycles. The van der Waals surface area contributed by atoms with Crippen molar-refractivity contribution >= 4 is 22.6 Å². The summed E-state index contributed by atoms with van der Waals surface area (Å²) in [5.74, 6) is -0.996. The van der Waals surface area contributed by atoms with Gasteiger partial charge in [0.25, 0.3) is 0 Å². The lowest BCUT2D eigenvalue weighted by molar-refractivity contribution is 0.0694. The molecule has 5 rings (SSSR count). The SMILES string of the molecule is N#Cc1c(N2CC[C@@H](C3(N)CC3)C2)ccc2c(=O)c(C(=O)O)cn(C3C[C@@H]3F)c12. The van der Waals surface area contributed by atoms with Gasteiger partial charge in [0.1, 0.15) is 17.8 Å². The lowest BCUT2D eigenvalue weighted by Gasteiger charge is -2.24. The van der Waals surface area contributed by atoms with Gasteiger partial charge >= 0.3 is 5.97 Å². The van der Waals surface area contributed by atoms with Crippen LogP contribution in [0.2, 0.25) is 0 Å². The summed E-state index contributed by atoms with van der Waals surface area (Å²) >= 11 is 0. The number of nitrogens with zero attached hydrogens (tertiary/aromatic N) is 3. The van der Waals surface area contributed by atoms with Gasteiger partial charge in [-0.2, -0.15) is 5.26 Å². The van der Waals surface area contributed by atoms with Crippen molar-refractivity contribution in [2.24, 2.45) is 11.7 Å². The van der Waals surface area contributed by atoms with E-state index in [9.17, 15) is 24.3 Å². The molecule has 1 aliphatic heterocycles. The maximum Gasteiger partial charge on any atom is 0.341 e. The summed E-state index contributed by atoms with van der Waals surface area (Å²) in [6.07, 6.45) is 3.30. The molecular formula is C21H21FN4O3. The van der Waals surface area contributed by atoms with Gasteiger partial charge in [0.15, 0.2) is 0 Å². The zero-order valence-electron chi connectivity index (χ0n) is 15.8. The minimum Gasteiger partial charge on any atom is -0.477 e. The normalized spacial score (nSPS) is 27.1. The highest BCUT2D eigenvalue weighted by Gasteiger charge is 2.48. The van der Waals surface area contributed by atoms with Crippen LogP contribution in [0.3, 0.4) is 0 Å². The molecule has 0 spiro atoms. The first kappa shape index (κ1) is 18.1. The molecule has 3 fully saturated rings. The molecule has 1 aromatic heterocycles. The third-order valence-corrected chi connectivity index (χ3v) is 6.72. The molecule has 29 heavy (non-hydrogen) atoms. The van der Waals surface area contributed by atoms with E-state index in [1.165, 1.54) is 10.8 Å². The first-order valence-corrected chi connectivity index (χ1v) is 9.87. The zero-order chi connectivity index (χ0) is 20.5. The van der Waals surface area contributed by atoms with E-state index in [-0.39, 0.29) is 22.9 Å². The Hall–Kier alpha value is -2.92. The van der Waals surface area contributed by atoms with Crippen LogP contribution >= 0.6 is 0 Å². The highest BCUT2D eigenvalue weighted by atomic mass is 19.1. The Morgan fingerprint density at radius 3 is 2.69 bits per heavy atom. The number of rotatable bonds is 4. The van der Waals surface area contributed by atoms with E-state index in [4.69, 9.17) is 5.73 Å². The number of carboxylic acids is 1. The molecule has 0 radical (unpaired) electrons. The van der Waals surface area contributed by atoms with Crippen molar-refractivity contribution in [3.63, 3.8) is 0 Å². The molecule has 3 aliphatic rings. The smallest absolute Gasteiger partial charge is 0.341 e. The van der Waals surface area contributed by atoms with Crippen molar-refractivity contribution < 1.29 is 14.3 Å². The number of nitrogens with two attached hydrogens (primary N) is 1. The molecule has 2 aromatic rings. The molecule has 0 amide bonds. The second kappa shape index (κ2) is 6.04. The Morgan fingerprint density at radius 2 is 2.10 bits per heavy atom. The van der Waals surface area contributed by atoms with Crippen LogP contribution in [-0.4, -0.2) is 40.4 Å². The average Bonchev–Trinajstić information content (AvgIpc) is 3.56. The second-order valence-electron chi connectivity index (χ2n) is 8.54. The van der Waals surface area contributed by atoms with E-state index < -0.39 is 29.2 Å². The van der Waals surface area contributed by atoms with Crippen LogP contribution in [0.5, 0.6) is 0 Å². The largest absolute Gasteiger partial charge is 0.477 e. The Labute approximate surface area is 166 Å². The van der Waals surface area contributed by atoms with E-state index >= 15 is 0 Å². The molecule has 1 saturated heterocycles. The monoisotopic (exact) mass is 396 g/mol. The molecular weight excluding hydrogens is 375 g/mol. The van der Waals surface area contributed by atoms with Gasteiger partial charge < -0.3 is 20.3 Å². The Bertz CT molecular complexity index is 1150. The molecule has 3 atom stereocenters. The maximum atomic E-state index is 13.9. The van der Waals surface area contributed by atoms with Gasteiger partial charge in [0, 0.05) is 36.6 Å². The number of halogens is 1. The highest BCUT2D eigenvalue weighted by molar-refractivity contribution is 5.96. The molecule has 2 heterocycles. The molecule has 0 bridgehead atoms. The molecule has 1 aromatic carbocycles. The van der Waals surface area contributed by atoms with E-state index in [1.54, 1.807) is 12.1 Å². The fourth-order valence-electron chi connectivity index (χ4n) is 4.67. The first-order valence-electron chi connectivity index (χ1n) is 9.87. The van der Waals surface area contributed by atoms with Gasteiger partial charge in [-0.25, -0.2) is 9.18 Å². The van der Waals surface area contributed by atoms with Gasteiger partial charge in [-0.3, -0.25) is 4.79 Å². The van der Waals surface area contributed by atoms with Crippen molar-refractivity contribution in [1.82, 2.24) is 4.57 Å². The highest BCUT2D eigenvalue weighted by Crippen LogP contribution is 2.46. The van der Waals surface area contributed by atoms with Crippen LogP contribution in [-0.2, 0) is 0 Å². The van der Waals surface area contributed by atoms with Gasteiger partial charge in [0.05, 0.1) is 22.8 Å². The number of hydrogen-bond acceptors (Lipinski definition) is 5. The Morgan fingerprint density at radius 1 is 1.38 bits per heavy atom. The number of fused-ring (bicyclic) bond motifs is 1. The van der Waals surface area contributed by atoms with Crippen molar-refractivity contribution in [3.05, 3.63) is 39.7 Å². The first-order chi connectivity index (χ1) is 13.8. The lowest BCUT2D eigenvalue weighted by Crippen LogP contribution is -2.34. The topological polar surface area (TPSA) is 112 Å². The number of aromatic nitrogens is 1. The summed E-state index contributed by atoms with van der Waals surface area (Å²) in [5.41, 5.74) is 6.51. The zero-order valence-corrected chi connectivity index (χ0v) is 15.8. The standard InChI is InChI=1S/C21H21FN4O3/c22-15-7-17(15)26-10-14(20(28)29)19(27)12-1-2-16(13(8-23)18(12)26)25-6-3-11(9-25)21(24)4-5-21/h1-2,10-11,15,17H,3-7,9,24H2,(H,28,29)/t11-,15+,17?/m1/s1. The summed E-state index contributed by atoms with van der Waals surface area (Å²) < 4.78 is 15.4. The number of nitriles is 1. The second-order valence-corrected chi connectivity index (χ2v) is 8.54. The molecule has 8 heteroatoms. The van der Waals surface area contributed by atoms with E-state index in [0.717, 1.165) is 32.4 Å². The van der Waals surface area contributed by atoms with Crippen molar-refractivity contribution in [2.45, 2.75) is 43.4 Å². The van der Waals surface area contributed by atoms with Gasteiger partial charge in [-0.05, 0) is 37.3 Å². The molecule has 1 unspecified atom stereocenters. The van der Waals surface area contributed by atoms with Crippen LogP contribution in [0.4, 0.5) is 10.1 Å². The summed E-state index contributed by atoms with van der Waals surface area (Å²) in [6, 6.07) is 4.91. The van der Waals surface area contributed by atoms with Gasteiger partial charge in [-0.15, -0.1) is 0 Å². The number of carboxylic acid groups (broad SMARTS) is 1. The fraction of sp³-hybridized carbons (Fsp3) is 0.476. The third-order valence-electron chi connectivity index (χ3n) is 6.72. The van der Waals surface area contributed by atoms with Crippen LogP contribution in [0.1, 0.15) is 47.6 Å². The van der Waals surface area contributed by atoms with Crippen LogP contribution < -0.4 is 16.1 Å². The van der Waals surface area contributed by atoms with Crippen LogP contribution in [0.25, 0.3) is 10.9 Å². The molecule has 2 saturated carbocycles. The van der Waals surface area contributed by atoms with Gasteiger partial charge in [0.2, 0.25) is 5.43 Å². The Kier molecular flexibility index (Phi) is 3.77. The number of carbonyl (C=O) groups is 1. The van der Waals surface area contributed by atoms with Crippen LogP contribution in [0.15, 0.2) is 23.1 Å². The lowest BCUT2D eigenvalue weighted by atomic mass is 9.97. The maximum absolute atomic E-state index is 13.9. The van der Waals surface area contributed by atoms with Crippen molar-refractivity contribution in [3.8, 4) is 6.07 Å². The molecule has 7 nitrogen and oxygen atoms in total. The van der Waals surface area contributed by atoms with E-state index in [0.29, 0.717) is 17.1 Å². The average molecular weight is 396 g/mol. The minimum atomic E-state index is -1.36. The molecule has 150 valence electrons. The fourth-order valence-corrected chi connectivity index (χ4v) is 4.67. The number of anilines is 1. The van der Waals surface area contributed by atoms with Crippen molar-refractivity contribution in [2.75, 3.05) is 18.0 Å². The number of benzene rings is 1. The van der Waals surface area contributed by atoms with E-state index in [2.05, 4.69) is 11.0 Å². The van der Waals surface area contributed by atoms with Gasteiger partial charge in [-0.1, -0.05) is 0 Å². The van der Waals surface area contributed by atoms with E-state index in [1.807, 2.05) is 0 Å². The van der Waals surface area contributed by atoms with Crippen molar-refractivity contribution in [1.29, 1.82) is 5.26 Å². The minimum absolute atomic E-state index is 0.105. The third kappa shape index (κ3) is 2.72. The quantitative estimate of drug-likeness (QED) is 0.819. The van der Waals surface area contributed by atoms with Crippen LogP contribution in [0, 0.1) is 17.2 Å². The molecule has 3 N–H and O–H groups in total. The summed E-state index contributed by atoms with van der Waals surface area (Å²) in [4.78, 5) is 26.3.